The molecule has 25 heavy (non-hydrogen) atoms. The van der Waals surface area contributed by atoms with Crippen LogP contribution in [-0.2, 0) is 7.05 Å². The first-order valence-electron chi connectivity index (χ1n) is 8.75. The van der Waals surface area contributed by atoms with Crippen molar-refractivity contribution in [2.45, 2.75) is 36.8 Å². The molecule has 0 atom stereocenters. The summed E-state index contributed by atoms with van der Waals surface area (Å²) < 4.78 is 1.83. The molecular formula is C19H23N5S. The van der Waals surface area contributed by atoms with Gasteiger partial charge in [0, 0.05) is 30.3 Å². The van der Waals surface area contributed by atoms with Crippen LogP contribution in [0.2, 0.25) is 0 Å². The fourth-order valence-electron chi connectivity index (χ4n) is 3.42. The predicted molar refractivity (Wildman–Crippen MR) is 103 cm³/mol. The van der Waals surface area contributed by atoms with Crippen LogP contribution in [0.1, 0.15) is 24.2 Å². The highest BCUT2D eigenvalue weighted by Gasteiger charge is 2.23. The zero-order valence-corrected chi connectivity index (χ0v) is 15.8. The Balaban J connectivity index is 1.49. The molecule has 3 aromatic rings. The summed E-state index contributed by atoms with van der Waals surface area (Å²) in [5.74, 6) is 1.84. The number of anilines is 1. The monoisotopic (exact) mass is 353 g/mol. The summed E-state index contributed by atoms with van der Waals surface area (Å²) >= 11 is 2.01. The fourth-order valence-corrected chi connectivity index (χ4v) is 4.66. The molecule has 1 fully saturated rings. The Labute approximate surface area is 152 Å². The van der Waals surface area contributed by atoms with E-state index in [0.29, 0.717) is 5.25 Å². The van der Waals surface area contributed by atoms with Gasteiger partial charge in [-0.2, -0.15) is 5.10 Å². The van der Waals surface area contributed by atoms with Crippen molar-refractivity contribution >= 4 is 28.6 Å². The van der Waals surface area contributed by atoms with Crippen molar-refractivity contribution < 1.29 is 0 Å². The van der Waals surface area contributed by atoms with E-state index in [4.69, 9.17) is 4.98 Å². The molecule has 5 nitrogen and oxygen atoms in total. The van der Waals surface area contributed by atoms with Crippen molar-refractivity contribution in [2.24, 2.45) is 7.05 Å². The van der Waals surface area contributed by atoms with Gasteiger partial charge >= 0.3 is 0 Å². The number of piperidine rings is 1. The van der Waals surface area contributed by atoms with E-state index >= 15 is 0 Å². The molecule has 0 radical (unpaired) electrons. The van der Waals surface area contributed by atoms with Gasteiger partial charge in [0.2, 0.25) is 0 Å². The van der Waals surface area contributed by atoms with Crippen LogP contribution >= 0.6 is 11.8 Å². The predicted octanol–water partition coefficient (Wildman–Crippen LogP) is 3.74. The molecule has 0 spiro atoms. The van der Waals surface area contributed by atoms with E-state index in [2.05, 4.69) is 46.2 Å². The van der Waals surface area contributed by atoms with E-state index in [1.807, 2.05) is 36.6 Å². The van der Waals surface area contributed by atoms with Gasteiger partial charge in [-0.05, 0) is 38.8 Å². The van der Waals surface area contributed by atoms with E-state index in [0.717, 1.165) is 35.8 Å². The summed E-state index contributed by atoms with van der Waals surface area (Å²) in [7, 11) is 1.93. The number of fused-ring (bicyclic) bond motifs is 1. The van der Waals surface area contributed by atoms with Crippen molar-refractivity contribution in [1.29, 1.82) is 0 Å². The maximum Gasteiger partial charge on any atom is 0.163 e. The molecule has 4 rings (SSSR count). The molecule has 1 aliphatic rings. The van der Waals surface area contributed by atoms with Crippen molar-refractivity contribution in [1.82, 2.24) is 19.7 Å². The fraction of sp³-hybridized carbons (Fsp3) is 0.421. The van der Waals surface area contributed by atoms with E-state index in [1.54, 1.807) is 0 Å². The summed E-state index contributed by atoms with van der Waals surface area (Å²) in [5.41, 5.74) is 2.25. The summed E-state index contributed by atoms with van der Waals surface area (Å²) in [4.78, 5) is 13.0. The quantitative estimate of drug-likeness (QED) is 0.718. The highest BCUT2D eigenvalue weighted by atomic mass is 32.2. The molecule has 1 aliphatic heterocycles. The molecule has 0 aliphatic carbocycles. The Morgan fingerprint density at radius 3 is 2.68 bits per heavy atom. The second-order valence-electron chi connectivity index (χ2n) is 6.72. The molecular weight excluding hydrogens is 330 g/mol. The zero-order valence-electron chi connectivity index (χ0n) is 14.9. The number of benzene rings is 1. The maximum atomic E-state index is 4.71. The lowest BCUT2D eigenvalue weighted by atomic mass is 10.1. The van der Waals surface area contributed by atoms with Gasteiger partial charge in [-0.1, -0.05) is 17.7 Å². The van der Waals surface area contributed by atoms with Gasteiger partial charge in [-0.25, -0.2) is 9.97 Å². The Morgan fingerprint density at radius 2 is 1.92 bits per heavy atom. The highest BCUT2D eigenvalue weighted by molar-refractivity contribution is 8.00. The normalized spacial score (nSPS) is 15.9. The Bertz CT molecular complexity index is 896. The third-order valence-electron chi connectivity index (χ3n) is 4.72. The standard InChI is InChI=1S/C19H23N5S/c1-13-5-4-6-16(11-13)25-15-7-9-24(10-8-15)19-17-12-20-23(3)18(17)21-14(2)22-19/h4-6,11-12,15H,7-10H2,1-3H3. The Kier molecular flexibility index (Phi) is 4.37. The SMILES string of the molecule is Cc1cccc(SC2CCN(c3nc(C)nc4c3cnn4C)CC2)c1. The molecule has 2 aromatic heterocycles. The van der Waals surface area contributed by atoms with Crippen LogP contribution in [0, 0.1) is 13.8 Å². The van der Waals surface area contributed by atoms with Crippen LogP contribution in [0.4, 0.5) is 5.82 Å². The lowest BCUT2D eigenvalue weighted by molar-refractivity contribution is 0.587. The number of aromatic nitrogens is 4. The lowest BCUT2D eigenvalue weighted by Gasteiger charge is -2.32. The summed E-state index contributed by atoms with van der Waals surface area (Å²) in [5, 5.41) is 6.08. The molecule has 0 bridgehead atoms. The smallest absolute Gasteiger partial charge is 0.163 e. The maximum absolute atomic E-state index is 4.71. The zero-order chi connectivity index (χ0) is 17.4. The number of nitrogens with zero attached hydrogens (tertiary/aromatic N) is 5. The second-order valence-corrected chi connectivity index (χ2v) is 8.09. The van der Waals surface area contributed by atoms with Crippen molar-refractivity contribution in [3.8, 4) is 0 Å². The van der Waals surface area contributed by atoms with E-state index in [-0.39, 0.29) is 0 Å². The lowest BCUT2D eigenvalue weighted by Crippen LogP contribution is -2.35. The second kappa shape index (κ2) is 6.67. The van der Waals surface area contributed by atoms with Crippen LogP contribution in [0.3, 0.4) is 0 Å². The van der Waals surface area contributed by atoms with Gasteiger partial charge in [0.15, 0.2) is 5.65 Å². The van der Waals surface area contributed by atoms with Crippen LogP contribution in [0.15, 0.2) is 35.4 Å². The van der Waals surface area contributed by atoms with E-state index < -0.39 is 0 Å². The Hall–Kier alpha value is -2.08. The van der Waals surface area contributed by atoms with E-state index in [9.17, 15) is 0 Å². The average Bonchev–Trinajstić information content (AvgIpc) is 2.96. The first-order chi connectivity index (χ1) is 12.1. The number of hydrogen-bond acceptors (Lipinski definition) is 5. The average molecular weight is 353 g/mol. The molecule has 0 amide bonds. The minimum absolute atomic E-state index is 0.672. The van der Waals surface area contributed by atoms with E-state index in [1.165, 1.54) is 23.3 Å². The molecule has 6 heteroatoms. The molecule has 0 N–H and O–H groups in total. The third-order valence-corrected chi connectivity index (χ3v) is 6.05. The molecule has 1 aromatic carbocycles. The van der Waals surface area contributed by atoms with Gasteiger partial charge in [0.05, 0.1) is 11.6 Å². The van der Waals surface area contributed by atoms with Gasteiger partial charge in [0.25, 0.3) is 0 Å². The van der Waals surface area contributed by atoms with Crippen LogP contribution in [-0.4, -0.2) is 38.1 Å². The number of aryl methyl sites for hydroxylation is 3. The minimum atomic E-state index is 0.672. The first kappa shape index (κ1) is 16.4. The molecule has 0 unspecified atom stereocenters. The van der Waals surface area contributed by atoms with Crippen LogP contribution in [0.5, 0.6) is 0 Å². The molecule has 0 saturated carbocycles. The van der Waals surface area contributed by atoms with Gasteiger partial charge in [0.1, 0.15) is 11.6 Å². The third kappa shape index (κ3) is 3.35. The Morgan fingerprint density at radius 1 is 1.12 bits per heavy atom. The van der Waals surface area contributed by atoms with Gasteiger partial charge in [-0.3, -0.25) is 4.68 Å². The summed E-state index contributed by atoms with van der Waals surface area (Å²) in [6.07, 6.45) is 4.23. The van der Waals surface area contributed by atoms with Gasteiger partial charge < -0.3 is 4.90 Å². The summed E-state index contributed by atoms with van der Waals surface area (Å²) in [6.45, 7) is 6.17. The molecule has 3 heterocycles. The topological polar surface area (TPSA) is 46.8 Å². The number of rotatable bonds is 3. The molecule has 130 valence electrons. The first-order valence-corrected chi connectivity index (χ1v) is 9.63. The largest absolute Gasteiger partial charge is 0.356 e. The summed E-state index contributed by atoms with van der Waals surface area (Å²) in [6, 6.07) is 8.81. The highest BCUT2D eigenvalue weighted by Crippen LogP contribution is 2.33. The van der Waals surface area contributed by atoms with Gasteiger partial charge in [-0.15, -0.1) is 11.8 Å². The van der Waals surface area contributed by atoms with Crippen molar-refractivity contribution in [3.63, 3.8) is 0 Å². The number of hydrogen-bond donors (Lipinski definition) is 0. The van der Waals surface area contributed by atoms with Crippen molar-refractivity contribution in [3.05, 3.63) is 41.9 Å². The number of thioether (sulfide) groups is 1. The minimum Gasteiger partial charge on any atom is -0.356 e. The van der Waals surface area contributed by atoms with Crippen molar-refractivity contribution in [2.75, 3.05) is 18.0 Å². The van der Waals surface area contributed by atoms with Crippen LogP contribution in [0.25, 0.3) is 11.0 Å². The van der Waals surface area contributed by atoms with Crippen LogP contribution < -0.4 is 4.90 Å². The molecule has 1 saturated heterocycles.